The molecule has 0 saturated heterocycles. The van der Waals surface area contributed by atoms with Crippen molar-refractivity contribution in [1.82, 2.24) is 0 Å². The Labute approximate surface area is 147 Å². The molecule has 134 valence electrons. The van der Waals surface area contributed by atoms with Gasteiger partial charge in [-0.15, -0.1) is 0 Å². The topological polar surface area (TPSA) is 37.3 Å². The van der Waals surface area contributed by atoms with Crippen molar-refractivity contribution < 1.29 is 9.90 Å². The van der Waals surface area contributed by atoms with Gasteiger partial charge in [0.05, 0.1) is 5.60 Å². The molecule has 0 heterocycles. The molecule has 0 aromatic rings. The summed E-state index contributed by atoms with van der Waals surface area (Å²) in [5.41, 5.74) is 2.93. The molecule has 0 aromatic carbocycles. The maximum absolute atomic E-state index is 12.2. The number of hydrogen-bond donors (Lipinski definition) is 1. The Morgan fingerprint density at radius 1 is 1.08 bits per heavy atom. The standard InChI is InChI=1S/C22H34O2/c1-13-11-17-15(16-7-9-21(3,24)12-18(13)16)8-10-22(4)19(14(2)23)5-6-20(17)22/h15-17,19-20,24H,5-12H2,1-4H3/t15-,16-,17-,19-,20+,21-,22-/m1/s1. The lowest BCUT2D eigenvalue weighted by Gasteiger charge is -2.55. The molecule has 1 N–H and O–H groups in total. The predicted molar refractivity (Wildman–Crippen MR) is 96.5 cm³/mol. The number of carbonyl (C=O) groups is 1. The number of ketones is 1. The summed E-state index contributed by atoms with van der Waals surface area (Å²) in [5.74, 6) is 3.78. The van der Waals surface area contributed by atoms with Gasteiger partial charge < -0.3 is 5.11 Å². The summed E-state index contributed by atoms with van der Waals surface area (Å²) in [6, 6.07) is 0. The van der Waals surface area contributed by atoms with Gasteiger partial charge in [-0.25, -0.2) is 0 Å². The number of rotatable bonds is 1. The molecule has 24 heavy (non-hydrogen) atoms. The minimum absolute atomic E-state index is 0.255. The lowest BCUT2D eigenvalue weighted by molar-refractivity contribution is -0.126. The van der Waals surface area contributed by atoms with Crippen LogP contribution in [-0.4, -0.2) is 16.5 Å². The lowest BCUT2D eigenvalue weighted by Crippen LogP contribution is -2.48. The summed E-state index contributed by atoms with van der Waals surface area (Å²) in [7, 11) is 0. The monoisotopic (exact) mass is 330 g/mol. The highest BCUT2D eigenvalue weighted by atomic mass is 16.3. The maximum Gasteiger partial charge on any atom is 0.133 e. The number of aliphatic hydroxyl groups is 1. The van der Waals surface area contributed by atoms with Gasteiger partial charge in [-0.3, -0.25) is 4.79 Å². The van der Waals surface area contributed by atoms with Gasteiger partial charge in [0, 0.05) is 5.92 Å². The molecule has 0 radical (unpaired) electrons. The molecule has 0 spiro atoms. The van der Waals surface area contributed by atoms with E-state index < -0.39 is 5.60 Å². The zero-order valence-electron chi connectivity index (χ0n) is 15.9. The molecule has 0 aliphatic heterocycles. The minimum Gasteiger partial charge on any atom is -0.390 e. The Morgan fingerprint density at radius 3 is 2.54 bits per heavy atom. The van der Waals surface area contributed by atoms with Crippen LogP contribution in [0.3, 0.4) is 0 Å². The molecule has 2 nitrogen and oxygen atoms in total. The summed E-state index contributed by atoms with van der Waals surface area (Å²) < 4.78 is 0. The fraction of sp³-hybridized carbons (Fsp3) is 0.864. The third kappa shape index (κ3) is 2.35. The first-order valence-electron chi connectivity index (χ1n) is 10.1. The maximum atomic E-state index is 12.2. The highest BCUT2D eigenvalue weighted by molar-refractivity contribution is 5.79. The molecule has 3 saturated carbocycles. The predicted octanol–water partition coefficient (Wildman–Crippen LogP) is 4.91. The first kappa shape index (κ1) is 16.8. The Balaban J connectivity index is 1.65. The minimum atomic E-state index is -0.490. The van der Waals surface area contributed by atoms with Gasteiger partial charge >= 0.3 is 0 Å². The SMILES string of the molecule is CC(=O)[C@H]1CC[C@H]2[C@@H]3CC(C)=C4C[C@](C)(O)CC[C@@H]4[C@H]3CC[C@]12C. The first-order chi connectivity index (χ1) is 11.2. The van der Waals surface area contributed by atoms with Crippen molar-refractivity contribution in [3.05, 3.63) is 11.1 Å². The van der Waals surface area contributed by atoms with Crippen LogP contribution >= 0.6 is 0 Å². The second-order valence-electron chi connectivity index (χ2n) is 10.0. The highest BCUT2D eigenvalue weighted by Gasteiger charge is 2.57. The average molecular weight is 331 g/mol. The van der Waals surface area contributed by atoms with Crippen LogP contribution in [0.15, 0.2) is 11.1 Å². The molecular formula is C22H34O2. The zero-order chi connectivity index (χ0) is 17.3. The van der Waals surface area contributed by atoms with Crippen LogP contribution in [0, 0.1) is 35.0 Å². The number of carbonyl (C=O) groups excluding carboxylic acids is 1. The highest BCUT2D eigenvalue weighted by Crippen LogP contribution is 2.64. The normalized spacial score (nSPS) is 51.0. The van der Waals surface area contributed by atoms with Crippen LogP contribution in [0.1, 0.15) is 79.1 Å². The van der Waals surface area contributed by atoms with Gasteiger partial charge in [0.15, 0.2) is 0 Å². The molecule has 7 atom stereocenters. The first-order valence-corrected chi connectivity index (χ1v) is 10.1. The lowest BCUT2D eigenvalue weighted by atomic mass is 9.50. The van der Waals surface area contributed by atoms with E-state index in [1.165, 1.54) is 32.1 Å². The molecule has 4 rings (SSSR count). The van der Waals surface area contributed by atoms with E-state index in [0.29, 0.717) is 17.6 Å². The van der Waals surface area contributed by atoms with Gasteiger partial charge in [-0.2, -0.15) is 0 Å². The second-order valence-corrected chi connectivity index (χ2v) is 10.0. The van der Waals surface area contributed by atoms with E-state index in [9.17, 15) is 9.90 Å². The van der Waals surface area contributed by atoms with E-state index in [2.05, 4.69) is 13.8 Å². The van der Waals surface area contributed by atoms with Gasteiger partial charge in [-0.1, -0.05) is 18.1 Å². The van der Waals surface area contributed by atoms with E-state index in [1.807, 2.05) is 13.8 Å². The van der Waals surface area contributed by atoms with Crippen molar-refractivity contribution in [2.75, 3.05) is 0 Å². The van der Waals surface area contributed by atoms with E-state index in [0.717, 1.165) is 37.0 Å². The molecule has 4 aliphatic rings. The van der Waals surface area contributed by atoms with Crippen LogP contribution in [0.5, 0.6) is 0 Å². The van der Waals surface area contributed by atoms with Crippen molar-refractivity contribution in [2.45, 2.75) is 84.7 Å². The van der Waals surface area contributed by atoms with Crippen LogP contribution in [-0.2, 0) is 4.79 Å². The third-order valence-corrected chi connectivity index (χ3v) is 8.60. The van der Waals surface area contributed by atoms with Crippen molar-refractivity contribution in [1.29, 1.82) is 0 Å². The van der Waals surface area contributed by atoms with Crippen molar-refractivity contribution in [3.8, 4) is 0 Å². The van der Waals surface area contributed by atoms with E-state index in [1.54, 1.807) is 11.1 Å². The molecule has 0 aromatic heterocycles. The Bertz CT molecular complexity index is 587. The molecular weight excluding hydrogens is 296 g/mol. The summed E-state index contributed by atoms with van der Waals surface area (Å²) in [6.45, 7) is 8.58. The Kier molecular flexibility index (Phi) is 3.81. The quantitative estimate of drug-likeness (QED) is 0.694. The largest absolute Gasteiger partial charge is 0.390 e. The Morgan fingerprint density at radius 2 is 1.83 bits per heavy atom. The third-order valence-electron chi connectivity index (χ3n) is 8.60. The zero-order valence-corrected chi connectivity index (χ0v) is 15.9. The van der Waals surface area contributed by atoms with Gasteiger partial charge in [0.2, 0.25) is 0 Å². The number of hydrogen-bond acceptors (Lipinski definition) is 2. The van der Waals surface area contributed by atoms with Gasteiger partial charge in [-0.05, 0) is 101 Å². The molecule has 4 aliphatic carbocycles. The van der Waals surface area contributed by atoms with Crippen LogP contribution < -0.4 is 0 Å². The molecule has 0 amide bonds. The molecule has 0 unspecified atom stereocenters. The van der Waals surface area contributed by atoms with Crippen LogP contribution in [0.2, 0.25) is 0 Å². The van der Waals surface area contributed by atoms with Crippen molar-refractivity contribution in [2.24, 2.45) is 35.0 Å². The molecule has 3 fully saturated rings. The molecule has 2 heteroatoms. The number of allylic oxidation sites excluding steroid dienone is 1. The van der Waals surface area contributed by atoms with E-state index in [-0.39, 0.29) is 5.41 Å². The van der Waals surface area contributed by atoms with Crippen LogP contribution in [0.25, 0.3) is 0 Å². The van der Waals surface area contributed by atoms with Gasteiger partial charge in [0.25, 0.3) is 0 Å². The van der Waals surface area contributed by atoms with E-state index in [4.69, 9.17) is 0 Å². The Hall–Kier alpha value is -0.630. The fourth-order valence-electron chi connectivity index (χ4n) is 7.47. The fourth-order valence-corrected chi connectivity index (χ4v) is 7.47. The average Bonchev–Trinajstić information content (AvgIpc) is 2.85. The van der Waals surface area contributed by atoms with E-state index >= 15 is 0 Å². The summed E-state index contributed by atoms with van der Waals surface area (Å²) in [6.07, 6.45) is 9.15. The molecule has 0 bridgehead atoms. The van der Waals surface area contributed by atoms with Crippen molar-refractivity contribution in [3.63, 3.8) is 0 Å². The smallest absolute Gasteiger partial charge is 0.133 e. The van der Waals surface area contributed by atoms with Crippen LogP contribution in [0.4, 0.5) is 0 Å². The van der Waals surface area contributed by atoms with Crippen molar-refractivity contribution >= 4 is 5.78 Å². The summed E-state index contributed by atoms with van der Waals surface area (Å²) >= 11 is 0. The summed E-state index contributed by atoms with van der Waals surface area (Å²) in [4.78, 5) is 12.2. The summed E-state index contributed by atoms with van der Waals surface area (Å²) in [5, 5.41) is 10.5. The second kappa shape index (κ2) is 5.43. The van der Waals surface area contributed by atoms with Gasteiger partial charge in [0.1, 0.15) is 5.78 Å². The number of fused-ring (bicyclic) bond motifs is 5. The number of Topliss-reactive ketones (excluding diaryl/α,β-unsaturated/α-hetero) is 1.